The fourth-order valence-corrected chi connectivity index (χ4v) is 2.43. The highest BCUT2D eigenvalue weighted by molar-refractivity contribution is 5.93. The van der Waals surface area contributed by atoms with Crippen LogP contribution in [0.5, 0.6) is 0 Å². The van der Waals surface area contributed by atoms with Gasteiger partial charge in [0, 0.05) is 18.1 Å². The smallest absolute Gasteiger partial charge is 0.343 e. The third kappa shape index (κ3) is 2.33. The molecule has 4 heteroatoms. The largest absolute Gasteiger partial charge is 0.462 e. The average molecular weight is 271 g/mol. The van der Waals surface area contributed by atoms with Gasteiger partial charge in [-0.15, -0.1) is 0 Å². The number of carbonyl (C=O) groups excluding carboxylic acids is 1. The minimum atomic E-state index is -0.534. The van der Waals surface area contributed by atoms with Crippen molar-refractivity contribution < 1.29 is 9.53 Å². The minimum Gasteiger partial charge on any atom is -0.462 e. The van der Waals surface area contributed by atoms with Gasteiger partial charge in [0.1, 0.15) is 5.56 Å². The van der Waals surface area contributed by atoms with Crippen molar-refractivity contribution in [2.24, 2.45) is 5.92 Å². The summed E-state index contributed by atoms with van der Waals surface area (Å²) in [6.45, 7) is 2.86. The second-order valence-corrected chi connectivity index (χ2v) is 5.21. The number of esters is 1. The lowest BCUT2D eigenvalue weighted by Gasteiger charge is -2.12. The van der Waals surface area contributed by atoms with Gasteiger partial charge in [0.2, 0.25) is 5.43 Å². The van der Waals surface area contributed by atoms with Gasteiger partial charge in [-0.05, 0) is 37.8 Å². The number of nitrogens with zero attached hydrogens (tertiary/aromatic N) is 1. The minimum absolute atomic E-state index is 0.131. The molecule has 1 aromatic heterocycles. The van der Waals surface area contributed by atoms with Gasteiger partial charge in [-0.1, -0.05) is 12.1 Å². The van der Waals surface area contributed by atoms with Crippen LogP contribution >= 0.6 is 0 Å². The number of pyridine rings is 1. The van der Waals surface area contributed by atoms with E-state index in [0.717, 1.165) is 12.1 Å². The van der Waals surface area contributed by atoms with Crippen LogP contribution in [0.4, 0.5) is 0 Å². The first-order valence-electron chi connectivity index (χ1n) is 7.00. The van der Waals surface area contributed by atoms with Crippen molar-refractivity contribution in [1.29, 1.82) is 0 Å². The molecule has 0 aliphatic heterocycles. The van der Waals surface area contributed by atoms with Gasteiger partial charge in [-0.2, -0.15) is 0 Å². The first-order chi connectivity index (χ1) is 9.70. The summed E-state index contributed by atoms with van der Waals surface area (Å²) >= 11 is 0. The Kier molecular flexibility index (Phi) is 3.30. The molecule has 0 N–H and O–H groups in total. The summed E-state index contributed by atoms with van der Waals surface area (Å²) in [6, 6.07) is 7.42. The van der Waals surface area contributed by atoms with E-state index < -0.39 is 5.97 Å². The molecule has 2 aromatic rings. The molecule has 1 aromatic carbocycles. The molecule has 0 bridgehead atoms. The number of benzene rings is 1. The Morgan fingerprint density at radius 3 is 2.80 bits per heavy atom. The SMILES string of the molecule is CCOC(=O)c1cn(CC2CC2)c2ccccc2c1=O. The first-order valence-corrected chi connectivity index (χ1v) is 7.00. The van der Waals surface area contributed by atoms with Crippen molar-refractivity contribution in [2.45, 2.75) is 26.3 Å². The van der Waals surface area contributed by atoms with Crippen LogP contribution in [0.2, 0.25) is 0 Å². The Hall–Kier alpha value is -2.10. The van der Waals surface area contributed by atoms with E-state index in [1.54, 1.807) is 19.2 Å². The zero-order chi connectivity index (χ0) is 14.1. The van der Waals surface area contributed by atoms with Crippen molar-refractivity contribution in [3.63, 3.8) is 0 Å². The molecule has 1 heterocycles. The number of para-hydroxylation sites is 1. The molecule has 1 saturated carbocycles. The van der Waals surface area contributed by atoms with E-state index in [0.29, 0.717) is 11.3 Å². The molecular formula is C16H17NO3. The topological polar surface area (TPSA) is 48.3 Å². The summed E-state index contributed by atoms with van der Waals surface area (Å²) < 4.78 is 7.00. The van der Waals surface area contributed by atoms with Crippen molar-refractivity contribution in [1.82, 2.24) is 4.57 Å². The van der Waals surface area contributed by atoms with Crippen molar-refractivity contribution in [3.8, 4) is 0 Å². The van der Waals surface area contributed by atoms with Gasteiger partial charge in [-0.25, -0.2) is 4.79 Å². The fourth-order valence-electron chi connectivity index (χ4n) is 2.43. The summed E-state index contributed by atoms with van der Waals surface area (Å²) in [5, 5.41) is 0.582. The Bertz CT molecular complexity index is 713. The highest BCUT2D eigenvalue weighted by Gasteiger charge is 2.23. The van der Waals surface area contributed by atoms with Crippen molar-refractivity contribution >= 4 is 16.9 Å². The summed E-state index contributed by atoms with van der Waals surface area (Å²) in [5.41, 5.74) is 0.773. The van der Waals surface area contributed by atoms with Gasteiger partial charge < -0.3 is 9.30 Å². The molecule has 0 atom stereocenters. The van der Waals surface area contributed by atoms with Crippen LogP contribution in [0.15, 0.2) is 35.3 Å². The monoisotopic (exact) mass is 271 g/mol. The Morgan fingerprint density at radius 2 is 2.10 bits per heavy atom. The van der Waals surface area contributed by atoms with E-state index in [2.05, 4.69) is 0 Å². The number of carbonyl (C=O) groups is 1. The normalized spacial score (nSPS) is 14.4. The fraction of sp³-hybridized carbons (Fsp3) is 0.375. The maximum atomic E-state index is 12.4. The summed E-state index contributed by atoms with van der Waals surface area (Å²) in [6.07, 6.45) is 4.09. The summed E-state index contributed by atoms with van der Waals surface area (Å²) in [4.78, 5) is 24.3. The lowest BCUT2D eigenvalue weighted by Crippen LogP contribution is -2.21. The molecule has 4 nitrogen and oxygen atoms in total. The number of hydrogen-bond acceptors (Lipinski definition) is 3. The predicted octanol–water partition coefficient (Wildman–Crippen LogP) is 2.59. The Labute approximate surface area is 117 Å². The van der Waals surface area contributed by atoms with E-state index in [1.807, 2.05) is 22.8 Å². The molecule has 20 heavy (non-hydrogen) atoms. The zero-order valence-electron chi connectivity index (χ0n) is 11.5. The van der Waals surface area contributed by atoms with E-state index in [4.69, 9.17) is 4.74 Å². The van der Waals surface area contributed by atoms with E-state index in [1.165, 1.54) is 12.8 Å². The molecule has 0 spiro atoms. The second-order valence-electron chi connectivity index (χ2n) is 5.21. The van der Waals surface area contributed by atoms with Gasteiger partial charge >= 0.3 is 5.97 Å². The molecule has 0 saturated heterocycles. The average Bonchev–Trinajstić information content (AvgIpc) is 3.26. The number of ether oxygens (including phenoxy) is 1. The maximum absolute atomic E-state index is 12.4. The van der Waals surface area contributed by atoms with Crippen LogP contribution in [0.3, 0.4) is 0 Å². The zero-order valence-corrected chi connectivity index (χ0v) is 11.5. The molecule has 1 fully saturated rings. The van der Waals surface area contributed by atoms with E-state index >= 15 is 0 Å². The van der Waals surface area contributed by atoms with E-state index in [-0.39, 0.29) is 17.6 Å². The van der Waals surface area contributed by atoms with Crippen LogP contribution in [0.25, 0.3) is 10.9 Å². The quantitative estimate of drug-likeness (QED) is 0.803. The van der Waals surface area contributed by atoms with Gasteiger partial charge in [0.15, 0.2) is 0 Å². The van der Waals surface area contributed by atoms with E-state index in [9.17, 15) is 9.59 Å². The van der Waals surface area contributed by atoms with Crippen LogP contribution in [-0.2, 0) is 11.3 Å². The van der Waals surface area contributed by atoms with Crippen LogP contribution in [0.1, 0.15) is 30.1 Å². The molecule has 1 aliphatic carbocycles. The Balaban J connectivity index is 2.17. The van der Waals surface area contributed by atoms with Gasteiger partial charge in [0.05, 0.1) is 12.1 Å². The lowest BCUT2D eigenvalue weighted by molar-refractivity contribution is 0.0524. The second kappa shape index (κ2) is 5.12. The molecule has 1 aliphatic rings. The number of rotatable bonds is 4. The molecule has 0 unspecified atom stereocenters. The van der Waals surface area contributed by atoms with Gasteiger partial charge in [-0.3, -0.25) is 4.79 Å². The van der Waals surface area contributed by atoms with Crippen LogP contribution in [-0.4, -0.2) is 17.1 Å². The molecule has 0 radical (unpaired) electrons. The molecule has 104 valence electrons. The molecular weight excluding hydrogens is 254 g/mol. The number of hydrogen-bond donors (Lipinski definition) is 0. The van der Waals surface area contributed by atoms with Crippen LogP contribution in [0, 0.1) is 5.92 Å². The number of aromatic nitrogens is 1. The highest BCUT2D eigenvalue weighted by Crippen LogP contribution is 2.31. The first kappa shape index (κ1) is 12.9. The Morgan fingerprint density at radius 1 is 1.35 bits per heavy atom. The molecule has 3 rings (SSSR count). The standard InChI is InChI=1S/C16H17NO3/c1-2-20-16(19)13-10-17(9-11-7-8-11)14-6-4-3-5-12(14)15(13)18/h3-6,10-11H,2,7-9H2,1H3. The third-order valence-electron chi connectivity index (χ3n) is 3.63. The highest BCUT2D eigenvalue weighted by atomic mass is 16.5. The lowest BCUT2D eigenvalue weighted by atomic mass is 10.1. The summed E-state index contributed by atoms with van der Waals surface area (Å²) in [7, 11) is 0. The molecule has 0 amide bonds. The predicted molar refractivity (Wildman–Crippen MR) is 76.9 cm³/mol. The van der Waals surface area contributed by atoms with Crippen LogP contribution < -0.4 is 5.43 Å². The van der Waals surface area contributed by atoms with Crippen molar-refractivity contribution in [2.75, 3.05) is 6.61 Å². The summed E-state index contributed by atoms with van der Waals surface area (Å²) in [5.74, 6) is 0.128. The van der Waals surface area contributed by atoms with Gasteiger partial charge in [0.25, 0.3) is 0 Å². The number of fused-ring (bicyclic) bond motifs is 1. The third-order valence-corrected chi connectivity index (χ3v) is 3.63. The van der Waals surface area contributed by atoms with Crippen molar-refractivity contribution in [3.05, 3.63) is 46.2 Å². The maximum Gasteiger partial charge on any atom is 0.343 e.